The number of hydrogen-bond donors (Lipinski definition) is 1. The van der Waals surface area contributed by atoms with Crippen molar-refractivity contribution in [3.63, 3.8) is 0 Å². The van der Waals surface area contributed by atoms with Gasteiger partial charge in [-0.15, -0.1) is 0 Å². The summed E-state index contributed by atoms with van der Waals surface area (Å²) < 4.78 is 0. The van der Waals surface area contributed by atoms with Crippen LogP contribution in [-0.2, 0) is 5.41 Å². The van der Waals surface area contributed by atoms with E-state index in [0.717, 1.165) is 32.1 Å². The molecule has 1 N–H and O–H groups in total. The van der Waals surface area contributed by atoms with Gasteiger partial charge in [0.1, 0.15) is 0 Å². The molecule has 226 valence electrons. The number of hydrogen-bond acceptors (Lipinski definition) is 2. The Hall–Kier alpha value is -4.30. The zero-order chi connectivity index (χ0) is 30.8. The van der Waals surface area contributed by atoms with Crippen LogP contribution in [0.4, 0.5) is 11.4 Å². The summed E-state index contributed by atoms with van der Waals surface area (Å²) in [7, 11) is 0. The molecule has 0 aromatic heterocycles. The lowest BCUT2D eigenvalue weighted by molar-refractivity contribution is 0.473. The normalized spacial score (nSPS) is 24.2. The molecule has 0 radical (unpaired) electrons. The minimum Gasteiger partial charge on any atom is -0.377 e. The van der Waals surface area contributed by atoms with Crippen molar-refractivity contribution >= 4 is 16.9 Å². The molecule has 45 heavy (non-hydrogen) atoms. The van der Waals surface area contributed by atoms with Crippen LogP contribution >= 0.6 is 0 Å². The van der Waals surface area contributed by atoms with E-state index in [1.807, 2.05) is 0 Å². The molecule has 5 aliphatic rings. The highest BCUT2D eigenvalue weighted by Crippen LogP contribution is 2.56. The van der Waals surface area contributed by atoms with Gasteiger partial charge in [-0.05, 0) is 95.4 Å². The summed E-state index contributed by atoms with van der Waals surface area (Å²) >= 11 is 0. The summed E-state index contributed by atoms with van der Waals surface area (Å²) in [6.45, 7) is 9.75. The Labute approximate surface area is 269 Å². The molecule has 0 amide bonds. The van der Waals surface area contributed by atoms with Gasteiger partial charge in [0.05, 0.1) is 6.04 Å². The van der Waals surface area contributed by atoms with Crippen LogP contribution < -0.4 is 10.2 Å². The van der Waals surface area contributed by atoms with Crippen LogP contribution in [0.2, 0.25) is 0 Å². The summed E-state index contributed by atoms with van der Waals surface area (Å²) in [4.78, 5) is 2.54. The second-order valence-electron chi connectivity index (χ2n) is 14.5. The Balaban J connectivity index is 1.27. The largest absolute Gasteiger partial charge is 0.377 e. The van der Waals surface area contributed by atoms with E-state index in [0.29, 0.717) is 5.92 Å². The van der Waals surface area contributed by atoms with Gasteiger partial charge < -0.3 is 10.2 Å². The number of nitrogens with one attached hydrogen (secondary N) is 1. The third-order valence-corrected chi connectivity index (χ3v) is 11.1. The fraction of sp³-hybridized carbons (Fsp3) is 0.302. The van der Waals surface area contributed by atoms with Crippen molar-refractivity contribution in [2.75, 3.05) is 10.2 Å². The number of rotatable bonds is 4. The maximum absolute atomic E-state index is 3.97. The summed E-state index contributed by atoms with van der Waals surface area (Å²) in [6, 6.07) is 27.3. The van der Waals surface area contributed by atoms with E-state index in [9.17, 15) is 0 Å². The fourth-order valence-electron chi connectivity index (χ4n) is 8.62. The number of anilines is 2. The molecular weight excluding hydrogens is 544 g/mol. The van der Waals surface area contributed by atoms with Crippen molar-refractivity contribution in [2.45, 2.75) is 77.2 Å². The molecule has 8 rings (SSSR count). The summed E-state index contributed by atoms with van der Waals surface area (Å²) in [6.07, 6.45) is 22.3. The van der Waals surface area contributed by atoms with Crippen molar-refractivity contribution in [2.24, 2.45) is 5.41 Å². The molecule has 2 nitrogen and oxygen atoms in total. The van der Waals surface area contributed by atoms with Crippen molar-refractivity contribution in [3.05, 3.63) is 160 Å². The van der Waals surface area contributed by atoms with Crippen molar-refractivity contribution in [1.29, 1.82) is 0 Å². The van der Waals surface area contributed by atoms with E-state index < -0.39 is 0 Å². The second-order valence-corrected chi connectivity index (χ2v) is 14.5. The van der Waals surface area contributed by atoms with Crippen LogP contribution in [0.3, 0.4) is 0 Å². The number of fused-ring (bicyclic) bond motifs is 2. The van der Waals surface area contributed by atoms with Crippen LogP contribution in [0.15, 0.2) is 138 Å². The lowest BCUT2D eigenvalue weighted by Crippen LogP contribution is -2.38. The lowest BCUT2D eigenvalue weighted by Gasteiger charge is -2.48. The third kappa shape index (κ3) is 4.52. The number of nitrogens with zero attached hydrogens (tertiary/aromatic N) is 1. The van der Waals surface area contributed by atoms with Crippen LogP contribution in [-0.4, -0.2) is 0 Å². The molecule has 3 aromatic rings. The highest BCUT2D eigenvalue weighted by Gasteiger charge is 2.44. The minimum atomic E-state index is -0.0318. The predicted octanol–water partition coefficient (Wildman–Crippen LogP) is 11.3. The first kappa shape index (κ1) is 28.2. The van der Waals surface area contributed by atoms with E-state index in [2.05, 4.69) is 153 Å². The van der Waals surface area contributed by atoms with Crippen molar-refractivity contribution < 1.29 is 0 Å². The van der Waals surface area contributed by atoms with Gasteiger partial charge in [0.15, 0.2) is 0 Å². The first-order valence-corrected chi connectivity index (χ1v) is 16.9. The van der Waals surface area contributed by atoms with E-state index >= 15 is 0 Å². The average Bonchev–Trinajstić information content (AvgIpc) is 3.34. The van der Waals surface area contributed by atoms with Gasteiger partial charge in [0.2, 0.25) is 0 Å². The maximum Gasteiger partial charge on any atom is 0.0606 e. The standard InChI is InChI=1S/C43H44N2/c1-42(2)35-22-14-15-23-39(35)45(32-20-12-7-13-21-32)40-25-24-31(26-37(40)42)33-27-36-38(28-34(33)29-16-8-5-9-17-29)44-41(43(36,3)4)30-18-10-6-11-19-30/h5-8,10-13,15-16,18-21,23,25-28,31,41,44H,9,14,17,22,24H2,1-4H3. The van der Waals surface area contributed by atoms with Crippen molar-refractivity contribution in [1.82, 2.24) is 0 Å². The smallest absolute Gasteiger partial charge is 0.0606 e. The molecular formula is C43H44N2. The summed E-state index contributed by atoms with van der Waals surface area (Å²) in [5.41, 5.74) is 15.4. The quantitative estimate of drug-likeness (QED) is 0.326. The number of para-hydroxylation sites is 1. The fourth-order valence-corrected chi connectivity index (χ4v) is 8.62. The van der Waals surface area contributed by atoms with Gasteiger partial charge in [-0.1, -0.05) is 119 Å². The van der Waals surface area contributed by atoms with Crippen molar-refractivity contribution in [3.8, 4) is 0 Å². The van der Waals surface area contributed by atoms with E-state index in [-0.39, 0.29) is 16.9 Å². The molecule has 2 heterocycles. The Morgan fingerprint density at radius 3 is 2.36 bits per heavy atom. The zero-order valence-corrected chi connectivity index (χ0v) is 27.1. The Morgan fingerprint density at radius 1 is 0.844 bits per heavy atom. The minimum absolute atomic E-state index is 0.0289. The van der Waals surface area contributed by atoms with E-state index in [1.54, 1.807) is 5.57 Å². The van der Waals surface area contributed by atoms with Gasteiger partial charge in [-0.3, -0.25) is 0 Å². The summed E-state index contributed by atoms with van der Waals surface area (Å²) in [5, 5.41) is 3.97. The van der Waals surface area contributed by atoms with E-state index in [1.165, 1.54) is 56.2 Å². The monoisotopic (exact) mass is 588 g/mol. The zero-order valence-electron chi connectivity index (χ0n) is 27.1. The molecule has 2 aliphatic heterocycles. The first-order valence-electron chi connectivity index (χ1n) is 16.9. The highest BCUT2D eigenvalue weighted by molar-refractivity contribution is 5.79. The van der Waals surface area contributed by atoms with Gasteiger partial charge >= 0.3 is 0 Å². The average molecular weight is 589 g/mol. The molecule has 0 saturated carbocycles. The Bertz CT molecular complexity index is 1840. The number of benzene rings is 3. The van der Waals surface area contributed by atoms with Crippen LogP contribution in [0, 0.1) is 5.41 Å². The molecule has 0 fully saturated rings. The molecule has 0 bridgehead atoms. The summed E-state index contributed by atoms with van der Waals surface area (Å²) in [5.74, 6) is 0.320. The molecule has 3 aromatic carbocycles. The topological polar surface area (TPSA) is 15.3 Å². The molecule has 2 unspecified atom stereocenters. The second kappa shape index (κ2) is 10.7. The lowest BCUT2D eigenvalue weighted by atomic mass is 9.66. The Kier molecular flexibility index (Phi) is 6.68. The predicted molar refractivity (Wildman–Crippen MR) is 190 cm³/mol. The molecule has 3 aliphatic carbocycles. The maximum atomic E-state index is 3.97. The third-order valence-electron chi connectivity index (χ3n) is 11.1. The number of allylic oxidation sites excluding steroid dienone is 10. The Morgan fingerprint density at radius 2 is 1.60 bits per heavy atom. The van der Waals surface area contributed by atoms with Crippen LogP contribution in [0.1, 0.15) is 94.0 Å². The first-order chi connectivity index (χ1) is 21.8. The molecule has 2 heteroatoms. The molecule has 0 spiro atoms. The van der Waals surface area contributed by atoms with E-state index in [4.69, 9.17) is 0 Å². The van der Waals surface area contributed by atoms with Gasteiger partial charge in [0.25, 0.3) is 0 Å². The molecule has 2 atom stereocenters. The van der Waals surface area contributed by atoms with Gasteiger partial charge in [0, 0.05) is 39.5 Å². The SMILES string of the molecule is CC1(C)C2=CC(c3cc4c(cc3C3=CC=CCC3)NC(c3ccccc3)C4(C)C)CC=C2N(c2ccccc2)C2=C1CCC=C2. The van der Waals surface area contributed by atoms with Gasteiger partial charge in [-0.2, -0.15) is 0 Å². The van der Waals surface area contributed by atoms with Gasteiger partial charge in [-0.25, -0.2) is 0 Å². The molecule has 0 saturated heterocycles. The highest BCUT2D eigenvalue weighted by atomic mass is 15.2. The van der Waals surface area contributed by atoms with Crippen LogP contribution in [0.25, 0.3) is 5.57 Å². The van der Waals surface area contributed by atoms with Crippen LogP contribution in [0.5, 0.6) is 0 Å².